The number of hydrogen-bond acceptors (Lipinski definition) is 7. The highest BCUT2D eigenvalue weighted by Gasteiger charge is 2.25. The molecule has 1 rings (SSSR count). The highest BCUT2D eigenvalue weighted by atomic mass is 16.5. The van der Waals surface area contributed by atoms with Crippen molar-refractivity contribution in [1.82, 2.24) is 0 Å². The molecule has 0 saturated heterocycles. The molecule has 0 radical (unpaired) electrons. The van der Waals surface area contributed by atoms with Crippen LogP contribution in [0.3, 0.4) is 0 Å². The fourth-order valence-corrected chi connectivity index (χ4v) is 4.33. The van der Waals surface area contributed by atoms with Gasteiger partial charge in [-0.1, -0.05) is 70.2 Å². The van der Waals surface area contributed by atoms with Gasteiger partial charge in [-0.2, -0.15) is 0 Å². The fraction of sp³-hybridized carbons (Fsp3) is 0.710. The predicted molar refractivity (Wildman–Crippen MR) is 151 cm³/mol. The molecule has 1 aliphatic rings. The Hall–Kier alpha value is -1.77. The van der Waals surface area contributed by atoms with Crippen LogP contribution in [-0.2, 0) is 9.53 Å². The summed E-state index contributed by atoms with van der Waals surface area (Å²) in [6.07, 6.45) is 5.33. The van der Waals surface area contributed by atoms with Gasteiger partial charge < -0.3 is 30.3 Å². The average molecular weight is 537 g/mol. The van der Waals surface area contributed by atoms with Crippen molar-refractivity contribution in [2.75, 3.05) is 0 Å². The van der Waals surface area contributed by atoms with Gasteiger partial charge in [0.15, 0.2) is 0 Å². The first-order valence-corrected chi connectivity index (χ1v) is 14.0. The van der Waals surface area contributed by atoms with Crippen LogP contribution in [0.5, 0.6) is 0 Å². The first-order valence-electron chi connectivity index (χ1n) is 14.0. The monoisotopic (exact) mass is 536 g/mol. The molecule has 5 N–H and O–H groups in total. The van der Waals surface area contributed by atoms with Crippen LogP contribution in [0.25, 0.3) is 0 Å². The molecule has 7 nitrogen and oxygen atoms in total. The fourth-order valence-electron chi connectivity index (χ4n) is 4.33. The minimum atomic E-state index is -0.886. The first kappa shape index (κ1) is 34.3. The van der Waals surface area contributed by atoms with Gasteiger partial charge in [-0.3, -0.25) is 4.79 Å². The average Bonchev–Trinajstić information content (AvgIpc) is 2.86. The van der Waals surface area contributed by atoms with E-state index >= 15 is 0 Å². The summed E-state index contributed by atoms with van der Waals surface area (Å²) in [6, 6.07) is 0. The Morgan fingerprint density at radius 1 is 1.03 bits per heavy atom. The number of carbonyl (C=O) groups excluding carboxylic acids is 1. The smallest absolute Gasteiger partial charge is 0.309 e. The molecule has 0 aliphatic carbocycles. The van der Waals surface area contributed by atoms with Gasteiger partial charge in [-0.25, -0.2) is 0 Å². The lowest BCUT2D eigenvalue weighted by Crippen LogP contribution is -2.27. The molecule has 10 atom stereocenters. The lowest BCUT2D eigenvalue weighted by atomic mass is 9.88. The first-order chi connectivity index (χ1) is 17.7. The van der Waals surface area contributed by atoms with E-state index in [0.717, 1.165) is 5.57 Å². The van der Waals surface area contributed by atoms with E-state index in [-0.39, 0.29) is 36.6 Å². The molecule has 5 unspecified atom stereocenters. The van der Waals surface area contributed by atoms with Crippen LogP contribution in [0.15, 0.2) is 48.6 Å². The Bertz CT molecular complexity index is 802. The molecule has 0 amide bonds. The standard InChI is InChI=1S/C31H52O7/c1-19-9-8-10-26(33)12-13-28(35)18-30(36)23(5)21(3)17-27(34)14-16-29(38-31(37)24(19)6)15-11-20(2)22(4)25(7)32/h8-9,14,16,19,22-30,32-36H,2-3,10-13,15,17-18H2,1,4-7H3/b9-8+,16-14+/t19-,22?,23-,24+,25?,26?,27?,28+,29?,30+/m1/s1. The predicted octanol–water partition coefficient (Wildman–Crippen LogP) is 4.24. The zero-order valence-corrected chi connectivity index (χ0v) is 24.0. The van der Waals surface area contributed by atoms with Crippen molar-refractivity contribution in [1.29, 1.82) is 0 Å². The molecule has 1 heterocycles. The van der Waals surface area contributed by atoms with Crippen LogP contribution in [0.2, 0.25) is 0 Å². The Balaban J connectivity index is 3.11. The third kappa shape index (κ3) is 12.4. The van der Waals surface area contributed by atoms with Crippen LogP contribution in [0.4, 0.5) is 0 Å². The van der Waals surface area contributed by atoms with Crippen molar-refractivity contribution in [2.24, 2.45) is 23.7 Å². The summed E-state index contributed by atoms with van der Waals surface area (Å²) < 4.78 is 5.84. The van der Waals surface area contributed by atoms with E-state index in [9.17, 15) is 30.3 Å². The maximum Gasteiger partial charge on any atom is 0.309 e. The number of hydrogen-bond donors (Lipinski definition) is 5. The number of carbonyl (C=O) groups is 1. The van der Waals surface area contributed by atoms with Gasteiger partial charge in [0, 0.05) is 11.8 Å². The normalized spacial score (nSPS) is 36.5. The maximum atomic E-state index is 13.0. The molecule has 0 aromatic carbocycles. The summed E-state index contributed by atoms with van der Waals surface area (Å²) in [4.78, 5) is 13.0. The number of allylic oxidation sites excluding steroid dienone is 1. The number of esters is 1. The summed E-state index contributed by atoms with van der Waals surface area (Å²) in [5, 5.41) is 51.8. The van der Waals surface area contributed by atoms with Crippen molar-refractivity contribution in [3.8, 4) is 0 Å². The number of ether oxygens (including phenoxy) is 1. The molecular weight excluding hydrogens is 484 g/mol. The second-order valence-corrected chi connectivity index (χ2v) is 11.3. The highest BCUT2D eigenvalue weighted by molar-refractivity contribution is 5.73. The summed E-state index contributed by atoms with van der Waals surface area (Å²) in [5.41, 5.74) is 1.51. The van der Waals surface area contributed by atoms with Gasteiger partial charge in [0.25, 0.3) is 0 Å². The molecular formula is C31H52O7. The van der Waals surface area contributed by atoms with E-state index in [1.165, 1.54) is 0 Å². The van der Waals surface area contributed by atoms with Gasteiger partial charge in [-0.15, -0.1) is 0 Å². The van der Waals surface area contributed by atoms with Crippen LogP contribution in [0, 0.1) is 23.7 Å². The number of rotatable bonds is 5. The summed E-state index contributed by atoms with van der Waals surface area (Å²) >= 11 is 0. The van der Waals surface area contributed by atoms with Gasteiger partial charge in [0.05, 0.1) is 36.4 Å². The van der Waals surface area contributed by atoms with E-state index in [0.29, 0.717) is 37.7 Å². The van der Waals surface area contributed by atoms with Crippen molar-refractivity contribution in [3.05, 3.63) is 48.6 Å². The zero-order chi connectivity index (χ0) is 29.0. The molecule has 218 valence electrons. The lowest BCUT2D eigenvalue weighted by molar-refractivity contribution is -0.152. The van der Waals surface area contributed by atoms with Crippen LogP contribution in [0.1, 0.15) is 79.6 Å². The van der Waals surface area contributed by atoms with E-state index in [4.69, 9.17) is 4.74 Å². The SMILES string of the molecule is C=C(CCC1/C=C/C(O)CC(=C)[C@@H](C)[C@@H](O)C[C@@H](O)CCC(O)C/C=C/[C@@H](C)[C@H](C)C(=O)O1)C(C)C(C)O. The summed E-state index contributed by atoms with van der Waals surface area (Å²) in [6.45, 7) is 17.3. The Morgan fingerprint density at radius 2 is 1.66 bits per heavy atom. The zero-order valence-electron chi connectivity index (χ0n) is 24.0. The van der Waals surface area contributed by atoms with Crippen LogP contribution < -0.4 is 0 Å². The molecule has 0 saturated carbocycles. The minimum Gasteiger partial charge on any atom is -0.458 e. The molecule has 7 heteroatoms. The minimum absolute atomic E-state index is 0.0954. The molecule has 0 spiro atoms. The summed E-state index contributed by atoms with van der Waals surface area (Å²) in [5.74, 6) is -1.33. The third-order valence-electron chi connectivity index (χ3n) is 7.98. The Morgan fingerprint density at radius 3 is 2.29 bits per heavy atom. The lowest BCUT2D eigenvalue weighted by Gasteiger charge is -2.25. The number of aliphatic hydroxyl groups excluding tert-OH is 5. The van der Waals surface area contributed by atoms with Crippen LogP contribution >= 0.6 is 0 Å². The molecule has 0 fully saturated rings. The van der Waals surface area contributed by atoms with E-state index in [1.807, 2.05) is 32.9 Å². The third-order valence-corrected chi connectivity index (χ3v) is 7.98. The molecule has 0 bridgehead atoms. The molecule has 38 heavy (non-hydrogen) atoms. The quantitative estimate of drug-likeness (QED) is 0.263. The van der Waals surface area contributed by atoms with E-state index < -0.39 is 42.5 Å². The maximum absolute atomic E-state index is 13.0. The second-order valence-electron chi connectivity index (χ2n) is 11.3. The number of cyclic esters (lactones) is 1. The van der Waals surface area contributed by atoms with E-state index in [2.05, 4.69) is 13.2 Å². The topological polar surface area (TPSA) is 127 Å². The van der Waals surface area contributed by atoms with Crippen LogP contribution in [-0.4, -0.2) is 68.1 Å². The van der Waals surface area contributed by atoms with Gasteiger partial charge in [-0.05, 0) is 63.9 Å². The second kappa shape index (κ2) is 17.0. The van der Waals surface area contributed by atoms with Crippen molar-refractivity contribution >= 4 is 5.97 Å². The van der Waals surface area contributed by atoms with Gasteiger partial charge in [0.1, 0.15) is 6.10 Å². The van der Waals surface area contributed by atoms with Gasteiger partial charge in [0.2, 0.25) is 0 Å². The van der Waals surface area contributed by atoms with E-state index in [1.54, 1.807) is 26.0 Å². The van der Waals surface area contributed by atoms with Gasteiger partial charge >= 0.3 is 5.97 Å². The summed E-state index contributed by atoms with van der Waals surface area (Å²) in [7, 11) is 0. The number of aliphatic hydroxyl groups is 5. The van der Waals surface area contributed by atoms with Crippen molar-refractivity contribution < 1.29 is 35.1 Å². The highest BCUT2D eigenvalue weighted by Crippen LogP contribution is 2.25. The molecule has 0 aromatic rings. The van der Waals surface area contributed by atoms with Crippen molar-refractivity contribution in [3.63, 3.8) is 0 Å². The molecule has 1 aliphatic heterocycles. The Kier molecular flexibility index (Phi) is 15.4. The Labute approximate surface area is 229 Å². The van der Waals surface area contributed by atoms with Crippen molar-refractivity contribution in [2.45, 2.75) is 116 Å². The largest absolute Gasteiger partial charge is 0.458 e. The molecule has 0 aromatic heterocycles.